The molecular weight excluding hydrogens is 272 g/mol. The maximum Gasteiger partial charge on any atom is 0.357 e. The fourth-order valence-corrected chi connectivity index (χ4v) is 2.41. The number of ether oxygens (including phenoxy) is 1. The summed E-state index contributed by atoms with van der Waals surface area (Å²) in [6, 6.07) is 3.08. The number of carbonyl (C=O) groups excluding carboxylic acids is 1. The average molecular weight is 283 g/mol. The lowest BCUT2D eigenvalue weighted by molar-refractivity contribution is 0.0460. The molecule has 0 unspecified atom stereocenters. The summed E-state index contributed by atoms with van der Waals surface area (Å²) in [4.78, 5) is 21.0. The number of esters is 1. The van der Waals surface area contributed by atoms with Crippen molar-refractivity contribution in [1.82, 2.24) is 9.97 Å². The Morgan fingerprint density at radius 1 is 1.50 bits per heavy atom. The number of pyridine rings is 1. The molecule has 2 aromatic rings. The summed E-state index contributed by atoms with van der Waals surface area (Å²) in [7, 11) is 0. The first kappa shape index (κ1) is 13.0. The molecule has 0 saturated heterocycles. The molecule has 0 aliphatic heterocycles. The van der Waals surface area contributed by atoms with Gasteiger partial charge in [-0.25, -0.2) is 14.8 Å². The van der Waals surface area contributed by atoms with Crippen molar-refractivity contribution < 1.29 is 9.53 Å². The first-order valence-corrected chi connectivity index (χ1v) is 6.47. The molecule has 2 rings (SSSR count). The van der Waals surface area contributed by atoms with Crippen LogP contribution in [0.15, 0.2) is 18.3 Å². The third kappa shape index (κ3) is 3.05. The molecule has 0 bridgehead atoms. The van der Waals surface area contributed by atoms with Crippen LogP contribution in [0.2, 0.25) is 5.02 Å². The predicted molar refractivity (Wildman–Crippen MR) is 70.0 cm³/mol. The SMILES string of the molecule is Cc1nc(COC(=O)c2cc(Cl)ccn2)c(C)s1. The molecule has 0 spiro atoms. The summed E-state index contributed by atoms with van der Waals surface area (Å²) in [5, 5.41) is 1.41. The quantitative estimate of drug-likeness (QED) is 0.812. The lowest BCUT2D eigenvalue weighted by Crippen LogP contribution is -2.07. The fourth-order valence-electron chi connectivity index (χ4n) is 1.43. The second kappa shape index (κ2) is 5.46. The minimum absolute atomic E-state index is 0.156. The number of halogens is 1. The van der Waals surface area contributed by atoms with Crippen LogP contribution in [-0.2, 0) is 11.3 Å². The van der Waals surface area contributed by atoms with Crippen LogP contribution in [0.3, 0.4) is 0 Å². The van der Waals surface area contributed by atoms with Crippen LogP contribution in [-0.4, -0.2) is 15.9 Å². The van der Waals surface area contributed by atoms with Gasteiger partial charge in [-0.15, -0.1) is 11.3 Å². The van der Waals surface area contributed by atoms with Gasteiger partial charge in [0.1, 0.15) is 12.3 Å². The number of nitrogens with zero attached hydrogens (tertiary/aromatic N) is 2. The molecule has 4 nitrogen and oxygen atoms in total. The van der Waals surface area contributed by atoms with E-state index in [1.165, 1.54) is 12.3 Å². The van der Waals surface area contributed by atoms with Gasteiger partial charge in [-0.1, -0.05) is 11.6 Å². The van der Waals surface area contributed by atoms with Gasteiger partial charge in [-0.3, -0.25) is 0 Å². The predicted octanol–water partition coefficient (Wildman–Crippen LogP) is 3.17. The molecule has 2 aromatic heterocycles. The van der Waals surface area contributed by atoms with E-state index < -0.39 is 5.97 Å². The van der Waals surface area contributed by atoms with E-state index in [0.29, 0.717) is 5.02 Å². The Kier molecular flexibility index (Phi) is 3.93. The first-order chi connectivity index (χ1) is 8.56. The molecule has 0 radical (unpaired) electrons. The number of hydrogen-bond acceptors (Lipinski definition) is 5. The summed E-state index contributed by atoms with van der Waals surface area (Å²) in [5.74, 6) is -0.498. The van der Waals surface area contributed by atoms with Crippen molar-refractivity contribution in [1.29, 1.82) is 0 Å². The second-order valence-corrected chi connectivity index (χ2v) is 5.51. The van der Waals surface area contributed by atoms with E-state index in [9.17, 15) is 4.79 Å². The molecule has 0 aliphatic carbocycles. The molecule has 2 heterocycles. The number of aromatic nitrogens is 2. The zero-order valence-corrected chi connectivity index (χ0v) is 11.5. The smallest absolute Gasteiger partial charge is 0.357 e. The minimum atomic E-state index is -0.498. The van der Waals surface area contributed by atoms with Gasteiger partial charge in [0, 0.05) is 16.1 Å². The van der Waals surface area contributed by atoms with Crippen LogP contribution in [0, 0.1) is 13.8 Å². The van der Waals surface area contributed by atoms with E-state index in [4.69, 9.17) is 16.3 Å². The Balaban J connectivity index is 2.02. The average Bonchev–Trinajstić information content (AvgIpc) is 2.65. The summed E-state index contributed by atoms with van der Waals surface area (Å²) in [6.45, 7) is 4.02. The molecule has 0 aromatic carbocycles. The number of thiazole rings is 1. The van der Waals surface area contributed by atoms with Crippen molar-refractivity contribution in [3.8, 4) is 0 Å². The minimum Gasteiger partial charge on any atom is -0.454 e. The van der Waals surface area contributed by atoms with Crippen molar-refractivity contribution in [3.63, 3.8) is 0 Å². The largest absolute Gasteiger partial charge is 0.454 e. The van der Waals surface area contributed by atoms with E-state index in [0.717, 1.165) is 15.6 Å². The highest BCUT2D eigenvalue weighted by molar-refractivity contribution is 7.11. The molecule has 0 fully saturated rings. The molecular formula is C12H11ClN2O2S. The Morgan fingerprint density at radius 3 is 2.89 bits per heavy atom. The zero-order chi connectivity index (χ0) is 13.1. The summed E-state index contributed by atoms with van der Waals surface area (Å²) in [5.41, 5.74) is 0.986. The Morgan fingerprint density at radius 2 is 2.28 bits per heavy atom. The van der Waals surface area contributed by atoms with Crippen LogP contribution in [0.5, 0.6) is 0 Å². The van der Waals surface area contributed by atoms with Crippen LogP contribution >= 0.6 is 22.9 Å². The van der Waals surface area contributed by atoms with Crippen molar-refractivity contribution in [3.05, 3.63) is 44.6 Å². The maximum atomic E-state index is 11.7. The fraction of sp³-hybridized carbons (Fsp3) is 0.250. The van der Waals surface area contributed by atoms with E-state index in [1.54, 1.807) is 17.4 Å². The van der Waals surface area contributed by atoms with Crippen LogP contribution in [0.25, 0.3) is 0 Å². The van der Waals surface area contributed by atoms with Gasteiger partial charge in [0.15, 0.2) is 0 Å². The third-order valence-corrected chi connectivity index (χ3v) is 3.43. The number of aryl methyl sites for hydroxylation is 2. The van der Waals surface area contributed by atoms with Crippen LogP contribution in [0.1, 0.15) is 26.1 Å². The van der Waals surface area contributed by atoms with Crippen molar-refractivity contribution >= 4 is 28.9 Å². The van der Waals surface area contributed by atoms with Gasteiger partial charge in [0.25, 0.3) is 0 Å². The summed E-state index contributed by atoms with van der Waals surface area (Å²) < 4.78 is 5.15. The highest BCUT2D eigenvalue weighted by Crippen LogP contribution is 2.17. The lowest BCUT2D eigenvalue weighted by Gasteiger charge is -2.03. The zero-order valence-electron chi connectivity index (χ0n) is 9.94. The van der Waals surface area contributed by atoms with Crippen LogP contribution in [0.4, 0.5) is 0 Å². The summed E-state index contributed by atoms with van der Waals surface area (Å²) in [6.07, 6.45) is 1.47. The molecule has 0 N–H and O–H groups in total. The highest BCUT2D eigenvalue weighted by Gasteiger charge is 2.12. The van der Waals surface area contributed by atoms with Gasteiger partial charge in [0.05, 0.1) is 10.7 Å². The van der Waals surface area contributed by atoms with E-state index in [1.807, 2.05) is 13.8 Å². The van der Waals surface area contributed by atoms with E-state index in [2.05, 4.69) is 9.97 Å². The molecule has 0 aliphatic rings. The van der Waals surface area contributed by atoms with E-state index >= 15 is 0 Å². The molecule has 6 heteroatoms. The number of rotatable bonds is 3. The Bertz CT molecular complexity index is 583. The van der Waals surface area contributed by atoms with Gasteiger partial charge in [0.2, 0.25) is 0 Å². The molecule has 0 atom stereocenters. The van der Waals surface area contributed by atoms with Crippen molar-refractivity contribution in [2.45, 2.75) is 20.5 Å². The normalized spacial score (nSPS) is 10.4. The maximum absolute atomic E-state index is 11.7. The van der Waals surface area contributed by atoms with Crippen LogP contribution < -0.4 is 0 Å². The molecule has 18 heavy (non-hydrogen) atoms. The van der Waals surface area contributed by atoms with E-state index in [-0.39, 0.29) is 12.3 Å². The van der Waals surface area contributed by atoms with Crippen molar-refractivity contribution in [2.75, 3.05) is 0 Å². The van der Waals surface area contributed by atoms with Gasteiger partial charge in [-0.2, -0.15) is 0 Å². The summed E-state index contributed by atoms with van der Waals surface area (Å²) >= 11 is 7.36. The second-order valence-electron chi connectivity index (χ2n) is 3.67. The van der Waals surface area contributed by atoms with Gasteiger partial charge in [-0.05, 0) is 26.0 Å². The molecule has 0 saturated carbocycles. The standard InChI is InChI=1S/C12H11ClN2O2S/c1-7-11(15-8(2)18-7)6-17-12(16)10-5-9(13)3-4-14-10/h3-5H,6H2,1-2H3. The highest BCUT2D eigenvalue weighted by atomic mass is 35.5. The molecule has 0 amide bonds. The van der Waals surface area contributed by atoms with Gasteiger partial charge >= 0.3 is 5.97 Å². The number of hydrogen-bond donors (Lipinski definition) is 0. The Hall–Kier alpha value is -1.46. The molecule has 94 valence electrons. The monoisotopic (exact) mass is 282 g/mol. The number of carbonyl (C=O) groups is 1. The first-order valence-electron chi connectivity index (χ1n) is 5.28. The third-order valence-electron chi connectivity index (χ3n) is 2.27. The van der Waals surface area contributed by atoms with Gasteiger partial charge < -0.3 is 4.74 Å². The Labute approximate surface area is 114 Å². The van der Waals surface area contributed by atoms with Crippen molar-refractivity contribution in [2.24, 2.45) is 0 Å². The topological polar surface area (TPSA) is 52.1 Å². The lowest BCUT2D eigenvalue weighted by atomic mass is 10.3.